The van der Waals surface area contributed by atoms with Crippen LogP contribution in [0.1, 0.15) is 6.92 Å². The van der Waals surface area contributed by atoms with Crippen molar-refractivity contribution in [2.24, 2.45) is 0 Å². The highest BCUT2D eigenvalue weighted by Gasteiger charge is 2.06. The number of ether oxygens (including phenoxy) is 1. The van der Waals surface area contributed by atoms with Crippen molar-refractivity contribution in [1.82, 2.24) is 0 Å². The van der Waals surface area contributed by atoms with Crippen LogP contribution >= 0.6 is 27.7 Å². The molecule has 2 nitrogen and oxygen atoms in total. The number of rotatable bonds is 4. The summed E-state index contributed by atoms with van der Waals surface area (Å²) in [7, 11) is 1.72. The van der Waals surface area contributed by atoms with E-state index >= 15 is 0 Å². The second kappa shape index (κ2) is 5.63. The van der Waals surface area contributed by atoms with Gasteiger partial charge in [0.1, 0.15) is 0 Å². The third kappa shape index (κ3) is 3.52. The molecule has 1 aromatic carbocycles. The van der Waals surface area contributed by atoms with Crippen LogP contribution in [0.3, 0.4) is 0 Å². The maximum absolute atomic E-state index is 5.65. The standard InChI is InChI=1S/C10H14BrNOS/c1-7(6-13-2)14-10-4-3-8(12)5-9(10)11/h3-5,7H,6,12H2,1-2H3. The maximum Gasteiger partial charge on any atom is 0.0582 e. The number of methoxy groups -OCH3 is 1. The zero-order valence-corrected chi connectivity index (χ0v) is 10.7. The predicted molar refractivity (Wildman–Crippen MR) is 65.7 cm³/mol. The number of halogens is 1. The van der Waals surface area contributed by atoms with Gasteiger partial charge in [0.05, 0.1) is 6.61 Å². The van der Waals surface area contributed by atoms with Gasteiger partial charge in [-0.3, -0.25) is 0 Å². The van der Waals surface area contributed by atoms with Gasteiger partial charge in [-0.25, -0.2) is 0 Å². The summed E-state index contributed by atoms with van der Waals surface area (Å²) in [5.41, 5.74) is 6.43. The third-order valence-electron chi connectivity index (χ3n) is 1.69. The molecule has 1 atom stereocenters. The SMILES string of the molecule is COCC(C)Sc1ccc(N)cc1Br. The fraction of sp³-hybridized carbons (Fsp3) is 0.400. The van der Waals surface area contributed by atoms with Crippen molar-refractivity contribution < 1.29 is 4.74 Å². The predicted octanol–water partition coefficient (Wildman–Crippen LogP) is 3.16. The van der Waals surface area contributed by atoms with E-state index in [1.165, 1.54) is 4.90 Å². The lowest BCUT2D eigenvalue weighted by molar-refractivity contribution is 0.203. The molecule has 78 valence electrons. The number of hydrogen-bond donors (Lipinski definition) is 1. The Morgan fingerprint density at radius 2 is 2.29 bits per heavy atom. The summed E-state index contributed by atoms with van der Waals surface area (Å²) in [5.74, 6) is 0. The quantitative estimate of drug-likeness (QED) is 0.677. The van der Waals surface area contributed by atoms with Crippen molar-refractivity contribution in [3.8, 4) is 0 Å². The molecule has 0 saturated heterocycles. The lowest BCUT2D eigenvalue weighted by atomic mass is 10.3. The minimum atomic E-state index is 0.444. The maximum atomic E-state index is 5.65. The van der Waals surface area contributed by atoms with Crippen LogP contribution in [-0.4, -0.2) is 19.0 Å². The van der Waals surface area contributed by atoms with E-state index in [0.717, 1.165) is 16.8 Å². The molecule has 0 bridgehead atoms. The summed E-state index contributed by atoms with van der Waals surface area (Å²) in [6.07, 6.45) is 0. The van der Waals surface area contributed by atoms with Crippen molar-refractivity contribution in [1.29, 1.82) is 0 Å². The number of hydrogen-bond acceptors (Lipinski definition) is 3. The Labute approximate surface area is 97.3 Å². The van der Waals surface area contributed by atoms with Gasteiger partial charge in [-0.1, -0.05) is 6.92 Å². The first-order chi connectivity index (χ1) is 6.63. The van der Waals surface area contributed by atoms with Gasteiger partial charge >= 0.3 is 0 Å². The smallest absolute Gasteiger partial charge is 0.0582 e. The molecule has 0 amide bonds. The lowest BCUT2D eigenvalue weighted by Gasteiger charge is -2.11. The van der Waals surface area contributed by atoms with E-state index in [4.69, 9.17) is 10.5 Å². The fourth-order valence-corrected chi connectivity index (χ4v) is 2.73. The van der Waals surface area contributed by atoms with Crippen molar-refractivity contribution in [3.05, 3.63) is 22.7 Å². The van der Waals surface area contributed by atoms with Crippen LogP contribution in [0.5, 0.6) is 0 Å². The minimum absolute atomic E-state index is 0.444. The number of anilines is 1. The molecule has 1 aromatic rings. The lowest BCUT2D eigenvalue weighted by Crippen LogP contribution is -2.04. The molecule has 0 aliphatic carbocycles. The molecular weight excluding hydrogens is 262 g/mol. The number of thioether (sulfide) groups is 1. The fourth-order valence-electron chi connectivity index (χ4n) is 1.10. The van der Waals surface area contributed by atoms with E-state index in [-0.39, 0.29) is 0 Å². The highest BCUT2D eigenvalue weighted by molar-refractivity contribution is 9.10. The Bertz CT molecular complexity index is 306. The van der Waals surface area contributed by atoms with Gasteiger partial charge < -0.3 is 10.5 Å². The molecule has 0 aliphatic heterocycles. The summed E-state index contributed by atoms with van der Waals surface area (Å²) >= 11 is 5.26. The van der Waals surface area contributed by atoms with Crippen molar-refractivity contribution in [3.63, 3.8) is 0 Å². The molecule has 4 heteroatoms. The molecule has 0 aromatic heterocycles. The zero-order valence-electron chi connectivity index (χ0n) is 8.29. The topological polar surface area (TPSA) is 35.2 Å². The average molecular weight is 276 g/mol. The Morgan fingerprint density at radius 3 is 2.86 bits per heavy atom. The summed E-state index contributed by atoms with van der Waals surface area (Å²) in [4.78, 5) is 1.20. The van der Waals surface area contributed by atoms with E-state index in [1.54, 1.807) is 18.9 Å². The molecule has 0 fully saturated rings. The zero-order chi connectivity index (χ0) is 10.6. The van der Waals surface area contributed by atoms with Crippen molar-refractivity contribution in [2.45, 2.75) is 17.1 Å². The van der Waals surface area contributed by atoms with Crippen molar-refractivity contribution in [2.75, 3.05) is 19.5 Å². The Morgan fingerprint density at radius 1 is 1.57 bits per heavy atom. The van der Waals surface area contributed by atoms with Crippen LogP contribution in [-0.2, 0) is 4.74 Å². The second-order valence-corrected chi connectivity index (χ2v) is 5.41. The number of nitrogen functional groups attached to an aromatic ring is 1. The van der Waals surface area contributed by atoms with E-state index in [9.17, 15) is 0 Å². The van der Waals surface area contributed by atoms with Crippen LogP contribution in [0.4, 0.5) is 5.69 Å². The Hall–Kier alpha value is -0.190. The van der Waals surface area contributed by atoms with E-state index < -0.39 is 0 Å². The van der Waals surface area contributed by atoms with Gasteiger partial charge in [0.15, 0.2) is 0 Å². The normalized spacial score (nSPS) is 12.8. The van der Waals surface area contributed by atoms with Crippen LogP contribution in [0, 0.1) is 0 Å². The highest BCUT2D eigenvalue weighted by Crippen LogP contribution is 2.31. The molecule has 0 saturated carbocycles. The molecule has 1 unspecified atom stereocenters. The van der Waals surface area contributed by atoms with Crippen LogP contribution in [0.15, 0.2) is 27.6 Å². The first kappa shape index (κ1) is 11.9. The molecule has 0 heterocycles. The summed E-state index contributed by atoms with van der Waals surface area (Å²) in [6, 6.07) is 5.85. The summed E-state index contributed by atoms with van der Waals surface area (Å²) in [5, 5.41) is 0.444. The highest BCUT2D eigenvalue weighted by atomic mass is 79.9. The number of benzene rings is 1. The van der Waals surface area contributed by atoms with E-state index in [0.29, 0.717) is 5.25 Å². The molecule has 0 aliphatic rings. The molecule has 2 N–H and O–H groups in total. The minimum Gasteiger partial charge on any atom is -0.399 e. The molecule has 0 spiro atoms. The number of nitrogens with two attached hydrogens (primary N) is 1. The Kier molecular flexibility index (Phi) is 4.78. The Balaban J connectivity index is 2.67. The first-order valence-electron chi connectivity index (χ1n) is 4.34. The molecule has 0 radical (unpaired) electrons. The summed E-state index contributed by atoms with van der Waals surface area (Å²) in [6.45, 7) is 2.89. The van der Waals surface area contributed by atoms with Crippen LogP contribution < -0.4 is 5.73 Å². The van der Waals surface area contributed by atoms with Gasteiger partial charge in [0.25, 0.3) is 0 Å². The monoisotopic (exact) mass is 275 g/mol. The van der Waals surface area contributed by atoms with Crippen LogP contribution in [0.25, 0.3) is 0 Å². The third-order valence-corrected chi connectivity index (χ3v) is 3.75. The van der Waals surface area contributed by atoms with Crippen molar-refractivity contribution >= 4 is 33.4 Å². The molecule has 1 rings (SSSR count). The first-order valence-corrected chi connectivity index (χ1v) is 6.01. The van der Waals surface area contributed by atoms with Crippen LogP contribution in [0.2, 0.25) is 0 Å². The molecular formula is C10H14BrNOS. The van der Waals surface area contributed by atoms with E-state index in [2.05, 4.69) is 22.9 Å². The molecule has 14 heavy (non-hydrogen) atoms. The second-order valence-electron chi connectivity index (χ2n) is 3.07. The van der Waals surface area contributed by atoms with Gasteiger partial charge in [-0.15, -0.1) is 11.8 Å². The van der Waals surface area contributed by atoms with Gasteiger partial charge in [-0.05, 0) is 34.1 Å². The summed E-state index contributed by atoms with van der Waals surface area (Å²) < 4.78 is 6.13. The average Bonchev–Trinajstić information content (AvgIpc) is 2.10. The largest absolute Gasteiger partial charge is 0.399 e. The van der Waals surface area contributed by atoms with Gasteiger partial charge in [0.2, 0.25) is 0 Å². The van der Waals surface area contributed by atoms with Gasteiger partial charge in [0, 0.05) is 27.4 Å². The van der Waals surface area contributed by atoms with Gasteiger partial charge in [-0.2, -0.15) is 0 Å². The van der Waals surface area contributed by atoms with E-state index in [1.807, 2.05) is 18.2 Å².